The van der Waals surface area contributed by atoms with Crippen LogP contribution in [0.2, 0.25) is 0 Å². The highest BCUT2D eigenvalue weighted by atomic mass is 16.5. The van der Waals surface area contributed by atoms with Crippen LogP contribution in [0.5, 0.6) is 11.5 Å². The van der Waals surface area contributed by atoms with Gasteiger partial charge in [-0.2, -0.15) is 0 Å². The average molecular weight is 498 g/mol. The van der Waals surface area contributed by atoms with Crippen LogP contribution in [-0.2, 0) is 14.3 Å². The Morgan fingerprint density at radius 3 is 2.44 bits per heavy atom. The Morgan fingerprint density at radius 2 is 1.83 bits per heavy atom. The number of unbranched alkanes of at least 4 members (excludes halogenated alkanes) is 2. The van der Waals surface area contributed by atoms with Crippen LogP contribution >= 0.6 is 0 Å². The highest BCUT2D eigenvalue weighted by Gasteiger charge is 2.08. The molecule has 0 radical (unpaired) electrons. The molecular formula is C28H39N3O5. The lowest BCUT2D eigenvalue weighted by Crippen LogP contribution is -2.31. The minimum Gasteiger partial charge on any atom is -0.508 e. The fourth-order valence-corrected chi connectivity index (χ4v) is 2.91. The topological polar surface area (TPSA) is 100 Å². The summed E-state index contributed by atoms with van der Waals surface area (Å²) in [7, 11) is 3.41. The predicted molar refractivity (Wildman–Crippen MR) is 145 cm³/mol. The van der Waals surface area contributed by atoms with E-state index in [2.05, 4.69) is 47.4 Å². The fraction of sp³-hybridized carbons (Fsp3) is 0.393. The number of carbonyl (C=O) groups is 2. The standard InChI is InChI=1S/C20H20N2O5.C8H19N/c1-14(23)18-9-8-17(27-16-6-4-3-5-7-16)10-15(18)11-21-12-19(24)22-13-20(25)26-2;1-4-6-7-8-9(3)5-2/h3-11,23H,1,12-13H2,2H3,(H,22,24);4-8H2,1-3H3. The van der Waals surface area contributed by atoms with Crippen molar-refractivity contribution in [1.29, 1.82) is 0 Å². The molecule has 0 fully saturated rings. The monoisotopic (exact) mass is 497 g/mol. The molecule has 0 unspecified atom stereocenters. The zero-order valence-corrected chi connectivity index (χ0v) is 21.8. The second-order valence-corrected chi connectivity index (χ2v) is 8.04. The Bertz CT molecular complexity index is 976. The van der Waals surface area contributed by atoms with Crippen molar-refractivity contribution >= 4 is 23.9 Å². The fourth-order valence-electron chi connectivity index (χ4n) is 2.91. The first kappa shape index (κ1) is 30.4. The van der Waals surface area contributed by atoms with Gasteiger partial charge in [0.05, 0.1) is 7.11 Å². The van der Waals surface area contributed by atoms with Gasteiger partial charge in [0.25, 0.3) is 0 Å². The van der Waals surface area contributed by atoms with E-state index < -0.39 is 11.9 Å². The molecule has 8 nitrogen and oxygen atoms in total. The molecule has 2 rings (SSSR count). The van der Waals surface area contributed by atoms with E-state index in [1.165, 1.54) is 45.7 Å². The van der Waals surface area contributed by atoms with E-state index in [0.29, 0.717) is 22.6 Å². The third-order valence-corrected chi connectivity index (χ3v) is 5.12. The molecule has 0 saturated heterocycles. The van der Waals surface area contributed by atoms with Gasteiger partial charge in [0.15, 0.2) is 0 Å². The van der Waals surface area contributed by atoms with Gasteiger partial charge in [0.1, 0.15) is 30.3 Å². The van der Waals surface area contributed by atoms with Crippen LogP contribution < -0.4 is 10.1 Å². The van der Waals surface area contributed by atoms with Crippen molar-refractivity contribution in [3.8, 4) is 11.5 Å². The Kier molecular flexibility index (Phi) is 15.0. The van der Waals surface area contributed by atoms with Crippen LogP contribution in [0.4, 0.5) is 0 Å². The largest absolute Gasteiger partial charge is 0.508 e. The van der Waals surface area contributed by atoms with Gasteiger partial charge in [-0.05, 0) is 56.9 Å². The molecule has 2 aromatic carbocycles. The maximum Gasteiger partial charge on any atom is 0.325 e. The van der Waals surface area contributed by atoms with Crippen LogP contribution in [0.3, 0.4) is 0 Å². The van der Waals surface area contributed by atoms with Gasteiger partial charge in [-0.3, -0.25) is 14.6 Å². The van der Waals surface area contributed by atoms with Crippen molar-refractivity contribution in [2.45, 2.75) is 33.1 Å². The van der Waals surface area contributed by atoms with E-state index >= 15 is 0 Å². The number of hydrogen-bond acceptors (Lipinski definition) is 7. The Labute approximate surface area is 214 Å². The number of ether oxygens (including phenoxy) is 2. The summed E-state index contributed by atoms with van der Waals surface area (Å²) in [5.74, 6) is 0.105. The van der Waals surface area contributed by atoms with Gasteiger partial charge >= 0.3 is 5.97 Å². The SMILES string of the molecule is C=C(O)c1ccc(Oc2ccccc2)cc1C=NCC(=O)NCC(=O)OC.CCCCCN(C)CC. The molecular weight excluding hydrogens is 458 g/mol. The van der Waals surface area contributed by atoms with E-state index in [4.69, 9.17) is 4.74 Å². The van der Waals surface area contributed by atoms with E-state index in [1.807, 2.05) is 30.3 Å². The Balaban J connectivity index is 0.000000613. The molecule has 2 N–H and O–H groups in total. The number of aliphatic hydroxyl groups excluding tert-OH is 1. The molecule has 0 atom stereocenters. The lowest BCUT2D eigenvalue weighted by molar-refractivity contribution is -0.141. The number of amides is 1. The molecule has 0 spiro atoms. The van der Waals surface area contributed by atoms with Crippen LogP contribution in [0.1, 0.15) is 44.2 Å². The molecule has 0 aliphatic heterocycles. The lowest BCUT2D eigenvalue weighted by atomic mass is 10.1. The predicted octanol–water partition coefficient (Wildman–Crippen LogP) is 4.84. The third kappa shape index (κ3) is 12.7. The van der Waals surface area contributed by atoms with E-state index in [-0.39, 0.29) is 18.8 Å². The lowest BCUT2D eigenvalue weighted by Gasteiger charge is -2.12. The minimum absolute atomic E-state index is 0.127. The van der Waals surface area contributed by atoms with E-state index in [0.717, 1.165) is 0 Å². The molecule has 196 valence electrons. The maximum absolute atomic E-state index is 11.7. The smallest absolute Gasteiger partial charge is 0.325 e. The van der Waals surface area contributed by atoms with Gasteiger partial charge in [-0.15, -0.1) is 0 Å². The van der Waals surface area contributed by atoms with Crippen molar-refractivity contribution in [1.82, 2.24) is 10.2 Å². The molecule has 36 heavy (non-hydrogen) atoms. The first-order chi connectivity index (χ1) is 17.3. The van der Waals surface area contributed by atoms with Crippen LogP contribution in [0, 0.1) is 0 Å². The number of aliphatic imine (C=N–C) groups is 1. The summed E-state index contributed by atoms with van der Waals surface area (Å²) in [5, 5.41) is 12.1. The van der Waals surface area contributed by atoms with Crippen molar-refractivity contribution in [3.63, 3.8) is 0 Å². The first-order valence-corrected chi connectivity index (χ1v) is 12.1. The summed E-state index contributed by atoms with van der Waals surface area (Å²) in [6.07, 6.45) is 5.51. The molecule has 0 heterocycles. The summed E-state index contributed by atoms with van der Waals surface area (Å²) in [5.41, 5.74) is 1.01. The highest BCUT2D eigenvalue weighted by molar-refractivity contribution is 5.90. The number of aliphatic hydroxyl groups is 1. The van der Waals surface area contributed by atoms with Crippen LogP contribution in [0.25, 0.3) is 5.76 Å². The second kappa shape index (κ2) is 17.7. The summed E-state index contributed by atoms with van der Waals surface area (Å²) in [6, 6.07) is 14.3. The molecule has 0 aliphatic rings. The number of hydrogen-bond donors (Lipinski definition) is 2. The summed E-state index contributed by atoms with van der Waals surface area (Å²) in [4.78, 5) is 29.0. The van der Waals surface area contributed by atoms with Gasteiger partial charge in [-0.25, -0.2) is 0 Å². The number of methoxy groups -OCH3 is 1. The first-order valence-electron chi connectivity index (χ1n) is 12.1. The number of nitrogens with one attached hydrogen (secondary N) is 1. The van der Waals surface area contributed by atoms with Crippen molar-refractivity contribution < 1.29 is 24.2 Å². The summed E-state index contributed by atoms with van der Waals surface area (Å²) in [6.45, 7) is 10.0. The minimum atomic E-state index is -0.544. The zero-order valence-electron chi connectivity index (χ0n) is 21.8. The molecule has 0 saturated carbocycles. The average Bonchev–Trinajstić information content (AvgIpc) is 2.88. The Hall–Kier alpha value is -3.65. The molecule has 8 heteroatoms. The molecule has 0 aliphatic carbocycles. The third-order valence-electron chi connectivity index (χ3n) is 5.12. The highest BCUT2D eigenvalue weighted by Crippen LogP contribution is 2.25. The van der Waals surface area contributed by atoms with Crippen LogP contribution in [-0.4, -0.2) is 68.4 Å². The van der Waals surface area contributed by atoms with E-state index in [9.17, 15) is 14.7 Å². The zero-order chi connectivity index (χ0) is 26.8. The molecule has 0 bridgehead atoms. The number of rotatable bonds is 13. The number of esters is 1. The number of benzene rings is 2. The van der Waals surface area contributed by atoms with Crippen molar-refractivity contribution in [2.75, 3.05) is 40.3 Å². The van der Waals surface area contributed by atoms with Gasteiger partial charge < -0.3 is 24.8 Å². The second-order valence-electron chi connectivity index (χ2n) is 8.04. The van der Waals surface area contributed by atoms with Gasteiger partial charge in [0, 0.05) is 17.3 Å². The van der Waals surface area contributed by atoms with Crippen molar-refractivity contribution in [2.24, 2.45) is 4.99 Å². The number of carbonyl (C=O) groups excluding carboxylic acids is 2. The van der Waals surface area contributed by atoms with Gasteiger partial charge in [0.2, 0.25) is 5.91 Å². The molecule has 2 aromatic rings. The van der Waals surface area contributed by atoms with Crippen molar-refractivity contribution in [3.05, 3.63) is 66.2 Å². The molecule has 0 aromatic heterocycles. The van der Waals surface area contributed by atoms with E-state index in [1.54, 1.807) is 18.2 Å². The maximum atomic E-state index is 11.7. The van der Waals surface area contributed by atoms with Gasteiger partial charge in [-0.1, -0.05) is 51.5 Å². The Morgan fingerprint density at radius 1 is 1.11 bits per heavy atom. The number of para-hydroxylation sites is 1. The number of nitrogens with zero attached hydrogens (tertiary/aromatic N) is 2. The van der Waals surface area contributed by atoms with Crippen LogP contribution in [0.15, 0.2) is 60.1 Å². The summed E-state index contributed by atoms with van der Waals surface area (Å²) < 4.78 is 10.2. The normalized spacial score (nSPS) is 10.5. The molecule has 1 amide bonds. The quantitative estimate of drug-likeness (QED) is 0.178. The summed E-state index contributed by atoms with van der Waals surface area (Å²) >= 11 is 0.